The summed E-state index contributed by atoms with van der Waals surface area (Å²) in [5.74, 6) is 0.839. The summed E-state index contributed by atoms with van der Waals surface area (Å²) < 4.78 is 0. The van der Waals surface area contributed by atoms with Gasteiger partial charge in [-0.3, -0.25) is 9.59 Å². The molecule has 0 aromatic heterocycles. The van der Waals surface area contributed by atoms with Gasteiger partial charge in [-0.05, 0) is 49.1 Å². The standard InChI is InChI=1S/C22H30N2O3/c25-11-10-24-16-22(8-6-20(24)26)7-3-9-23(15-22)21(27)14-17-12-18-4-1-2-5-19(18)13-17/h1-2,4-5,17,25H,3,6-16H2/t22-/m0/s1. The van der Waals surface area contributed by atoms with Gasteiger partial charge in [0.25, 0.3) is 0 Å². The summed E-state index contributed by atoms with van der Waals surface area (Å²) in [7, 11) is 0. The van der Waals surface area contributed by atoms with Gasteiger partial charge in [0.2, 0.25) is 11.8 Å². The van der Waals surface area contributed by atoms with Crippen molar-refractivity contribution >= 4 is 11.8 Å². The number of hydrogen-bond acceptors (Lipinski definition) is 3. The zero-order valence-corrected chi connectivity index (χ0v) is 16.0. The molecule has 4 rings (SSSR count). The first kappa shape index (κ1) is 18.5. The predicted octanol–water partition coefficient (Wildman–Crippen LogP) is 2.02. The van der Waals surface area contributed by atoms with Crippen LogP contribution in [-0.2, 0) is 22.4 Å². The summed E-state index contributed by atoms with van der Waals surface area (Å²) in [6.07, 6.45) is 6.15. The minimum atomic E-state index is 0.00665. The number of hydrogen-bond donors (Lipinski definition) is 1. The maximum Gasteiger partial charge on any atom is 0.222 e. The molecule has 1 spiro atoms. The summed E-state index contributed by atoms with van der Waals surface area (Å²) in [4.78, 5) is 29.0. The zero-order valence-electron chi connectivity index (χ0n) is 16.0. The van der Waals surface area contributed by atoms with E-state index in [0.29, 0.717) is 31.8 Å². The highest BCUT2D eigenvalue weighted by atomic mass is 16.3. The number of fused-ring (bicyclic) bond motifs is 1. The monoisotopic (exact) mass is 370 g/mol. The number of piperidine rings is 2. The summed E-state index contributed by atoms with van der Waals surface area (Å²) in [5.41, 5.74) is 2.82. The average molecular weight is 370 g/mol. The van der Waals surface area contributed by atoms with Crippen molar-refractivity contribution in [1.29, 1.82) is 0 Å². The summed E-state index contributed by atoms with van der Waals surface area (Å²) in [6.45, 7) is 2.71. The number of amides is 2. The quantitative estimate of drug-likeness (QED) is 0.882. The van der Waals surface area contributed by atoms with Gasteiger partial charge < -0.3 is 14.9 Å². The number of rotatable bonds is 4. The van der Waals surface area contributed by atoms with E-state index in [0.717, 1.165) is 45.2 Å². The Hall–Kier alpha value is -1.88. The minimum absolute atomic E-state index is 0.00665. The number of aliphatic hydroxyl groups excluding tert-OH is 1. The van der Waals surface area contributed by atoms with E-state index in [1.54, 1.807) is 4.90 Å². The number of nitrogens with zero attached hydrogens (tertiary/aromatic N) is 2. The fraction of sp³-hybridized carbons (Fsp3) is 0.636. The Morgan fingerprint density at radius 3 is 2.59 bits per heavy atom. The SMILES string of the molecule is O=C1CC[C@]2(CCCN(C(=O)CC3Cc4ccccc4C3)C2)CN1CCO. The lowest BCUT2D eigenvalue weighted by molar-refractivity contribution is -0.143. The number of carbonyl (C=O) groups is 2. The van der Waals surface area contributed by atoms with E-state index in [4.69, 9.17) is 0 Å². The van der Waals surface area contributed by atoms with Gasteiger partial charge in [0.05, 0.1) is 6.61 Å². The number of β-amino-alcohol motifs (C(OH)–C–C–N with tert-alkyl or cyclic N) is 1. The molecule has 27 heavy (non-hydrogen) atoms. The molecule has 1 aromatic rings. The second-order valence-corrected chi connectivity index (χ2v) is 8.70. The van der Waals surface area contributed by atoms with Crippen LogP contribution < -0.4 is 0 Å². The van der Waals surface area contributed by atoms with Gasteiger partial charge in [-0.25, -0.2) is 0 Å². The fourth-order valence-electron chi connectivity index (χ4n) is 5.35. The first-order valence-corrected chi connectivity index (χ1v) is 10.3. The van der Waals surface area contributed by atoms with Crippen LogP contribution in [0.5, 0.6) is 0 Å². The Kier molecular flexibility index (Phi) is 5.22. The van der Waals surface area contributed by atoms with E-state index in [1.807, 2.05) is 0 Å². The first-order valence-electron chi connectivity index (χ1n) is 10.3. The molecule has 2 fully saturated rings. The van der Waals surface area contributed by atoms with Crippen LogP contribution in [0.1, 0.15) is 43.2 Å². The summed E-state index contributed by atoms with van der Waals surface area (Å²) >= 11 is 0. The van der Waals surface area contributed by atoms with Crippen LogP contribution in [0.3, 0.4) is 0 Å². The highest BCUT2D eigenvalue weighted by Crippen LogP contribution is 2.39. The Labute approximate surface area is 161 Å². The molecule has 1 atom stereocenters. The van der Waals surface area contributed by atoms with Crippen LogP contribution >= 0.6 is 0 Å². The predicted molar refractivity (Wildman–Crippen MR) is 103 cm³/mol. The lowest BCUT2D eigenvalue weighted by Gasteiger charge is -2.48. The van der Waals surface area contributed by atoms with Crippen LogP contribution in [0, 0.1) is 11.3 Å². The van der Waals surface area contributed by atoms with Crippen molar-refractivity contribution in [1.82, 2.24) is 9.80 Å². The number of benzene rings is 1. The Morgan fingerprint density at radius 2 is 1.89 bits per heavy atom. The minimum Gasteiger partial charge on any atom is -0.395 e. The molecule has 0 saturated carbocycles. The number of likely N-dealkylation sites (tertiary alicyclic amines) is 2. The van der Waals surface area contributed by atoms with E-state index in [9.17, 15) is 14.7 Å². The summed E-state index contributed by atoms with van der Waals surface area (Å²) in [6, 6.07) is 8.54. The van der Waals surface area contributed by atoms with Crippen LogP contribution in [0.4, 0.5) is 0 Å². The van der Waals surface area contributed by atoms with Gasteiger partial charge >= 0.3 is 0 Å². The molecule has 146 valence electrons. The van der Waals surface area contributed by atoms with E-state index in [2.05, 4.69) is 29.2 Å². The molecule has 2 aliphatic heterocycles. The Morgan fingerprint density at radius 1 is 1.15 bits per heavy atom. The molecule has 5 nitrogen and oxygen atoms in total. The van der Waals surface area contributed by atoms with Crippen LogP contribution in [-0.4, -0.2) is 59.5 Å². The molecule has 0 unspecified atom stereocenters. The third-order valence-electron chi connectivity index (χ3n) is 6.73. The van der Waals surface area contributed by atoms with Crippen molar-refractivity contribution in [3.63, 3.8) is 0 Å². The van der Waals surface area contributed by atoms with Crippen molar-refractivity contribution in [2.24, 2.45) is 11.3 Å². The van der Waals surface area contributed by atoms with E-state index < -0.39 is 0 Å². The van der Waals surface area contributed by atoms with Crippen LogP contribution in [0.2, 0.25) is 0 Å². The van der Waals surface area contributed by atoms with E-state index >= 15 is 0 Å². The van der Waals surface area contributed by atoms with E-state index in [1.165, 1.54) is 11.1 Å². The second kappa shape index (κ2) is 7.63. The molecule has 1 aliphatic carbocycles. The lowest BCUT2D eigenvalue weighted by atomic mass is 9.73. The van der Waals surface area contributed by atoms with Crippen molar-refractivity contribution in [2.45, 2.75) is 44.9 Å². The molecule has 5 heteroatoms. The van der Waals surface area contributed by atoms with Gasteiger partial charge in [0.15, 0.2) is 0 Å². The first-order chi connectivity index (χ1) is 13.1. The molecular weight excluding hydrogens is 340 g/mol. The number of aliphatic hydroxyl groups is 1. The van der Waals surface area contributed by atoms with Crippen molar-refractivity contribution in [2.75, 3.05) is 32.8 Å². The molecule has 2 saturated heterocycles. The topological polar surface area (TPSA) is 60.9 Å². The third-order valence-corrected chi connectivity index (χ3v) is 6.73. The highest BCUT2D eigenvalue weighted by molar-refractivity contribution is 5.78. The molecule has 2 amide bonds. The normalized spacial score (nSPS) is 25.9. The van der Waals surface area contributed by atoms with Crippen molar-refractivity contribution in [3.8, 4) is 0 Å². The molecule has 3 aliphatic rings. The van der Waals surface area contributed by atoms with Gasteiger partial charge in [0, 0.05) is 44.4 Å². The fourth-order valence-corrected chi connectivity index (χ4v) is 5.35. The maximum atomic E-state index is 13.0. The lowest BCUT2D eigenvalue weighted by Crippen LogP contribution is -2.55. The molecule has 1 aromatic carbocycles. The molecule has 1 N–H and O–H groups in total. The largest absolute Gasteiger partial charge is 0.395 e. The summed E-state index contributed by atoms with van der Waals surface area (Å²) in [5, 5.41) is 9.24. The Bertz CT molecular complexity index is 694. The van der Waals surface area contributed by atoms with Gasteiger partial charge in [0.1, 0.15) is 0 Å². The van der Waals surface area contributed by atoms with Crippen LogP contribution in [0.15, 0.2) is 24.3 Å². The molecular formula is C22H30N2O3. The van der Waals surface area contributed by atoms with E-state index in [-0.39, 0.29) is 23.8 Å². The molecule has 2 heterocycles. The third kappa shape index (κ3) is 3.88. The smallest absolute Gasteiger partial charge is 0.222 e. The number of carbonyl (C=O) groups excluding carboxylic acids is 2. The van der Waals surface area contributed by atoms with Crippen molar-refractivity contribution in [3.05, 3.63) is 35.4 Å². The highest BCUT2D eigenvalue weighted by Gasteiger charge is 2.42. The van der Waals surface area contributed by atoms with Gasteiger partial charge in [-0.1, -0.05) is 24.3 Å². The molecule has 0 radical (unpaired) electrons. The molecule has 0 bridgehead atoms. The maximum absolute atomic E-state index is 13.0. The average Bonchev–Trinajstić information content (AvgIpc) is 3.07. The second-order valence-electron chi connectivity index (χ2n) is 8.70. The van der Waals surface area contributed by atoms with Gasteiger partial charge in [-0.15, -0.1) is 0 Å². The van der Waals surface area contributed by atoms with Gasteiger partial charge in [-0.2, -0.15) is 0 Å². The zero-order chi connectivity index (χ0) is 18.9. The Balaban J connectivity index is 1.37. The van der Waals surface area contributed by atoms with Crippen LogP contribution in [0.25, 0.3) is 0 Å². The van der Waals surface area contributed by atoms with Crippen molar-refractivity contribution < 1.29 is 14.7 Å².